The fourth-order valence-electron chi connectivity index (χ4n) is 2.51. The summed E-state index contributed by atoms with van der Waals surface area (Å²) in [5.41, 5.74) is 4.69. The Labute approximate surface area is 153 Å². The van der Waals surface area contributed by atoms with Gasteiger partial charge in [-0.25, -0.2) is 9.97 Å². The van der Waals surface area contributed by atoms with Crippen molar-refractivity contribution in [3.8, 4) is 0 Å². The Bertz CT molecular complexity index is 902. The Hall–Kier alpha value is -3.21. The van der Waals surface area contributed by atoms with E-state index in [0.29, 0.717) is 23.9 Å². The molecule has 0 fully saturated rings. The van der Waals surface area contributed by atoms with Gasteiger partial charge in [0.1, 0.15) is 17.3 Å². The van der Waals surface area contributed by atoms with E-state index < -0.39 is 0 Å². The molecule has 2 aromatic carbocycles. The molecule has 26 heavy (non-hydrogen) atoms. The molecule has 3 rings (SSSR count). The number of carbonyl (C=O) groups excluding carboxylic acids is 1. The molecule has 5 nitrogen and oxygen atoms in total. The first-order valence-electron chi connectivity index (χ1n) is 8.53. The SMILES string of the molecule is Cc1ccc(CNC(=O)c2cc(Nc3ccc(C)cc3)nc(C)n2)cc1. The van der Waals surface area contributed by atoms with E-state index >= 15 is 0 Å². The predicted octanol–water partition coefficient (Wildman–Crippen LogP) is 4.08. The van der Waals surface area contributed by atoms with E-state index in [2.05, 4.69) is 20.6 Å². The van der Waals surface area contributed by atoms with Crippen LogP contribution in [0.15, 0.2) is 54.6 Å². The lowest BCUT2D eigenvalue weighted by molar-refractivity contribution is 0.0945. The fourth-order valence-corrected chi connectivity index (χ4v) is 2.51. The Balaban J connectivity index is 1.70. The van der Waals surface area contributed by atoms with Crippen LogP contribution < -0.4 is 10.6 Å². The van der Waals surface area contributed by atoms with E-state index in [1.807, 2.05) is 62.4 Å². The van der Waals surface area contributed by atoms with Gasteiger partial charge in [0.05, 0.1) is 0 Å². The van der Waals surface area contributed by atoms with Gasteiger partial charge in [0.15, 0.2) is 0 Å². The van der Waals surface area contributed by atoms with Gasteiger partial charge in [-0.3, -0.25) is 4.79 Å². The number of benzene rings is 2. The van der Waals surface area contributed by atoms with E-state index in [1.54, 1.807) is 13.0 Å². The molecule has 0 saturated carbocycles. The van der Waals surface area contributed by atoms with Crippen molar-refractivity contribution in [2.24, 2.45) is 0 Å². The van der Waals surface area contributed by atoms with Crippen molar-refractivity contribution in [2.75, 3.05) is 5.32 Å². The average Bonchev–Trinajstić information content (AvgIpc) is 2.62. The molecule has 1 amide bonds. The van der Waals surface area contributed by atoms with Gasteiger partial charge < -0.3 is 10.6 Å². The summed E-state index contributed by atoms with van der Waals surface area (Å²) in [6, 6.07) is 17.7. The van der Waals surface area contributed by atoms with Crippen LogP contribution in [-0.2, 0) is 6.54 Å². The molecule has 0 spiro atoms. The Kier molecular flexibility index (Phi) is 5.27. The normalized spacial score (nSPS) is 10.4. The van der Waals surface area contributed by atoms with Gasteiger partial charge in [0.25, 0.3) is 5.91 Å². The lowest BCUT2D eigenvalue weighted by Gasteiger charge is -2.10. The minimum Gasteiger partial charge on any atom is -0.347 e. The lowest BCUT2D eigenvalue weighted by Crippen LogP contribution is -2.24. The molecular formula is C21H22N4O. The van der Waals surface area contributed by atoms with Crippen molar-refractivity contribution < 1.29 is 4.79 Å². The Morgan fingerprint density at radius 2 is 1.50 bits per heavy atom. The number of amides is 1. The minimum absolute atomic E-state index is 0.219. The van der Waals surface area contributed by atoms with Crippen LogP contribution in [0.5, 0.6) is 0 Å². The maximum Gasteiger partial charge on any atom is 0.270 e. The molecule has 0 aliphatic carbocycles. The minimum atomic E-state index is -0.219. The largest absolute Gasteiger partial charge is 0.347 e. The van der Waals surface area contributed by atoms with Crippen molar-refractivity contribution in [2.45, 2.75) is 27.3 Å². The van der Waals surface area contributed by atoms with Gasteiger partial charge in [0.2, 0.25) is 0 Å². The second kappa shape index (κ2) is 7.78. The van der Waals surface area contributed by atoms with Crippen molar-refractivity contribution >= 4 is 17.4 Å². The van der Waals surface area contributed by atoms with Crippen LogP contribution in [0.4, 0.5) is 11.5 Å². The smallest absolute Gasteiger partial charge is 0.270 e. The zero-order valence-corrected chi connectivity index (χ0v) is 15.2. The molecular weight excluding hydrogens is 324 g/mol. The zero-order valence-electron chi connectivity index (χ0n) is 15.2. The number of rotatable bonds is 5. The second-order valence-electron chi connectivity index (χ2n) is 6.34. The number of hydrogen-bond acceptors (Lipinski definition) is 4. The summed E-state index contributed by atoms with van der Waals surface area (Å²) >= 11 is 0. The van der Waals surface area contributed by atoms with Gasteiger partial charge in [-0.1, -0.05) is 47.5 Å². The highest BCUT2D eigenvalue weighted by atomic mass is 16.1. The Morgan fingerprint density at radius 1 is 0.885 bits per heavy atom. The van der Waals surface area contributed by atoms with E-state index in [1.165, 1.54) is 11.1 Å². The van der Waals surface area contributed by atoms with Crippen LogP contribution >= 0.6 is 0 Å². The molecule has 0 bridgehead atoms. The molecule has 2 N–H and O–H groups in total. The number of aromatic nitrogens is 2. The van der Waals surface area contributed by atoms with Crippen molar-refractivity contribution in [3.63, 3.8) is 0 Å². The molecule has 1 aromatic heterocycles. The topological polar surface area (TPSA) is 66.9 Å². The molecule has 5 heteroatoms. The molecule has 0 aliphatic heterocycles. The van der Waals surface area contributed by atoms with Gasteiger partial charge in [-0.05, 0) is 38.5 Å². The lowest BCUT2D eigenvalue weighted by atomic mass is 10.1. The molecule has 0 radical (unpaired) electrons. The highest BCUT2D eigenvalue weighted by molar-refractivity contribution is 5.93. The highest BCUT2D eigenvalue weighted by Gasteiger charge is 2.10. The third kappa shape index (κ3) is 4.66. The summed E-state index contributed by atoms with van der Waals surface area (Å²) in [6.45, 7) is 6.31. The van der Waals surface area contributed by atoms with Crippen molar-refractivity contribution in [1.29, 1.82) is 0 Å². The van der Waals surface area contributed by atoms with Gasteiger partial charge in [-0.2, -0.15) is 0 Å². The van der Waals surface area contributed by atoms with Crippen molar-refractivity contribution in [1.82, 2.24) is 15.3 Å². The maximum atomic E-state index is 12.5. The second-order valence-corrected chi connectivity index (χ2v) is 6.34. The van der Waals surface area contributed by atoms with Gasteiger partial charge in [-0.15, -0.1) is 0 Å². The number of aryl methyl sites for hydroxylation is 3. The molecule has 0 atom stereocenters. The van der Waals surface area contributed by atoms with E-state index in [0.717, 1.165) is 11.3 Å². The fraction of sp³-hybridized carbons (Fsp3) is 0.190. The van der Waals surface area contributed by atoms with E-state index in [9.17, 15) is 4.79 Å². The maximum absolute atomic E-state index is 12.5. The number of nitrogens with one attached hydrogen (secondary N) is 2. The summed E-state index contributed by atoms with van der Waals surface area (Å²) in [6.07, 6.45) is 0. The molecule has 132 valence electrons. The summed E-state index contributed by atoms with van der Waals surface area (Å²) in [4.78, 5) is 21.1. The molecule has 0 saturated heterocycles. The number of anilines is 2. The molecule has 0 aliphatic rings. The third-order valence-electron chi connectivity index (χ3n) is 3.97. The standard InChI is InChI=1S/C21H22N4O/c1-14-4-8-17(9-5-14)13-22-21(26)19-12-20(24-16(3)23-19)25-18-10-6-15(2)7-11-18/h4-12H,13H2,1-3H3,(H,22,26)(H,23,24,25). The van der Waals surface area contributed by atoms with Crippen LogP contribution in [0.2, 0.25) is 0 Å². The Morgan fingerprint density at radius 3 is 2.15 bits per heavy atom. The third-order valence-corrected chi connectivity index (χ3v) is 3.97. The highest BCUT2D eigenvalue weighted by Crippen LogP contribution is 2.16. The number of carbonyl (C=O) groups is 1. The first-order valence-corrected chi connectivity index (χ1v) is 8.53. The summed E-state index contributed by atoms with van der Waals surface area (Å²) in [5, 5.41) is 6.12. The zero-order chi connectivity index (χ0) is 18.5. The summed E-state index contributed by atoms with van der Waals surface area (Å²) < 4.78 is 0. The van der Waals surface area contributed by atoms with Crippen LogP contribution in [0, 0.1) is 20.8 Å². The van der Waals surface area contributed by atoms with Crippen molar-refractivity contribution in [3.05, 3.63) is 82.8 Å². The quantitative estimate of drug-likeness (QED) is 0.731. The molecule has 0 unspecified atom stereocenters. The average molecular weight is 346 g/mol. The predicted molar refractivity (Wildman–Crippen MR) is 104 cm³/mol. The molecule has 3 aromatic rings. The monoisotopic (exact) mass is 346 g/mol. The number of nitrogens with zero attached hydrogens (tertiary/aromatic N) is 2. The molecule has 1 heterocycles. The van der Waals surface area contributed by atoms with Crippen LogP contribution in [0.25, 0.3) is 0 Å². The summed E-state index contributed by atoms with van der Waals surface area (Å²) in [5.74, 6) is 0.924. The van der Waals surface area contributed by atoms with E-state index in [-0.39, 0.29) is 5.91 Å². The van der Waals surface area contributed by atoms with Gasteiger partial charge in [0, 0.05) is 18.3 Å². The van der Waals surface area contributed by atoms with Crippen LogP contribution in [-0.4, -0.2) is 15.9 Å². The van der Waals surface area contributed by atoms with Crippen LogP contribution in [0.3, 0.4) is 0 Å². The summed E-state index contributed by atoms with van der Waals surface area (Å²) in [7, 11) is 0. The van der Waals surface area contributed by atoms with Crippen LogP contribution in [0.1, 0.15) is 33.0 Å². The number of hydrogen-bond donors (Lipinski definition) is 2. The first kappa shape index (κ1) is 17.6. The van der Waals surface area contributed by atoms with Gasteiger partial charge >= 0.3 is 0 Å². The first-order chi connectivity index (χ1) is 12.5. The van der Waals surface area contributed by atoms with E-state index in [4.69, 9.17) is 0 Å².